The molecule has 3 rings (SSSR count). The molecule has 23 heavy (non-hydrogen) atoms. The lowest BCUT2D eigenvalue weighted by Crippen LogP contribution is -2.12. The van der Waals surface area contributed by atoms with Crippen molar-refractivity contribution in [2.24, 2.45) is 0 Å². The highest BCUT2D eigenvalue weighted by Crippen LogP contribution is 2.32. The molecule has 0 radical (unpaired) electrons. The van der Waals surface area contributed by atoms with E-state index in [-0.39, 0.29) is 24.2 Å². The summed E-state index contributed by atoms with van der Waals surface area (Å²) in [5.41, 5.74) is 3.06. The molecule has 0 bridgehead atoms. The van der Waals surface area contributed by atoms with E-state index in [0.29, 0.717) is 16.3 Å². The molecule has 0 saturated heterocycles. The molecule has 1 aliphatic heterocycles. The zero-order chi connectivity index (χ0) is 16.6. The average Bonchev–Trinajstić information content (AvgIpc) is 2.82. The predicted molar refractivity (Wildman–Crippen MR) is 89.5 cm³/mol. The van der Waals surface area contributed by atoms with Crippen LogP contribution in [0.15, 0.2) is 36.4 Å². The molecule has 2 aromatic carbocycles. The summed E-state index contributed by atoms with van der Waals surface area (Å²) in [6.07, 6.45) is 0. The summed E-state index contributed by atoms with van der Waals surface area (Å²) in [7, 11) is 0. The average molecular weight is 330 g/mol. The van der Waals surface area contributed by atoms with Gasteiger partial charge in [0.1, 0.15) is 5.75 Å². The summed E-state index contributed by atoms with van der Waals surface area (Å²) in [5.74, 6) is 0.189. The van der Waals surface area contributed by atoms with Crippen LogP contribution in [0.1, 0.15) is 34.3 Å². The van der Waals surface area contributed by atoms with Gasteiger partial charge in [-0.3, -0.25) is 9.59 Å². The van der Waals surface area contributed by atoms with Gasteiger partial charge in [0.05, 0.1) is 5.92 Å². The lowest BCUT2D eigenvalue weighted by atomic mass is 9.99. The number of hydrogen-bond donors (Lipinski definition) is 1. The van der Waals surface area contributed by atoms with Crippen molar-refractivity contribution in [2.45, 2.75) is 19.8 Å². The zero-order valence-electron chi connectivity index (χ0n) is 12.9. The molecular formula is C18H16ClNO3. The van der Waals surface area contributed by atoms with E-state index < -0.39 is 0 Å². The first-order valence-corrected chi connectivity index (χ1v) is 7.70. The summed E-state index contributed by atoms with van der Waals surface area (Å²) >= 11 is 5.96. The second-order valence-corrected chi connectivity index (χ2v) is 6.04. The second kappa shape index (κ2) is 6.05. The number of hydrogen-bond acceptors (Lipinski definition) is 3. The van der Waals surface area contributed by atoms with Gasteiger partial charge in [0.25, 0.3) is 0 Å². The van der Waals surface area contributed by atoms with Gasteiger partial charge in [-0.15, -0.1) is 0 Å². The predicted octanol–water partition coefficient (Wildman–Crippen LogP) is 3.97. The van der Waals surface area contributed by atoms with E-state index in [4.69, 9.17) is 16.3 Å². The summed E-state index contributed by atoms with van der Waals surface area (Å²) in [6.45, 7) is 3.64. The van der Waals surface area contributed by atoms with E-state index in [1.807, 2.05) is 13.8 Å². The third-order valence-electron chi connectivity index (χ3n) is 3.99. The van der Waals surface area contributed by atoms with Crippen molar-refractivity contribution in [3.8, 4) is 5.75 Å². The van der Waals surface area contributed by atoms with Gasteiger partial charge in [-0.2, -0.15) is 0 Å². The Morgan fingerprint density at radius 1 is 1.26 bits per heavy atom. The molecule has 4 nitrogen and oxygen atoms in total. The number of carbonyl (C=O) groups excluding carboxylic acids is 2. The number of rotatable bonds is 4. The van der Waals surface area contributed by atoms with Gasteiger partial charge in [0.2, 0.25) is 5.91 Å². The van der Waals surface area contributed by atoms with Crippen LogP contribution in [-0.2, 0) is 4.79 Å². The monoisotopic (exact) mass is 329 g/mol. The van der Waals surface area contributed by atoms with Gasteiger partial charge >= 0.3 is 0 Å². The van der Waals surface area contributed by atoms with Crippen LogP contribution in [0, 0.1) is 6.92 Å². The van der Waals surface area contributed by atoms with Crippen LogP contribution in [0.3, 0.4) is 0 Å². The smallest absolute Gasteiger partial charge is 0.231 e. The van der Waals surface area contributed by atoms with E-state index in [0.717, 1.165) is 16.8 Å². The Bertz CT molecular complexity index is 801. The standard InChI is InChI=1S/C18H16ClNO3/c1-10-7-13(4-5-15(10)19)23-9-17(21)12-3-6-16-14(8-12)11(2)18(22)20-16/h3-8,11H,9H2,1-2H3,(H,20,22)/t11-/m0/s1. The van der Waals surface area contributed by atoms with Crippen molar-refractivity contribution >= 4 is 29.0 Å². The number of ketones is 1. The van der Waals surface area contributed by atoms with Crippen molar-refractivity contribution in [1.29, 1.82) is 0 Å². The highest BCUT2D eigenvalue weighted by Gasteiger charge is 2.27. The van der Waals surface area contributed by atoms with E-state index in [1.165, 1.54) is 0 Å². The van der Waals surface area contributed by atoms with Crippen LogP contribution < -0.4 is 10.1 Å². The SMILES string of the molecule is Cc1cc(OCC(=O)c2ccc3c(c2)[C@H](C)C(=O)N3)ccc1Cl. The molecule has 1 amide bonds. The number of Topliss-reactive ketones (excluding diaryl/α,β-unsaturated/α-hetero) is 1. The first-order valence-electron chi connectivity index (χ1n) is 7.32. The molecule has 1 aliphatic rings. The third kappa shape index (κ3) is 3.08. The van der Waals surface area contributed by atoms with E-state index >= 15 is 0 Å². The molecular weight excluding hydrogens is 314 g/mol. The molecule has 5 heteroatoms. The molecule has 0 fully saturated rings. The molecule has 0 saturated carbocycles. The Morgan fingerprint density at radius 2 is 2.04 bits per heavy atom. The van der Waals surface area contributed by atoms with Crippen LogP contribution in [0.5, 0.6) is 5.75 Å². The summed E-state index contributed by atoms with van der Waals surface area (Å²) in [5, 5.41) is 3.45. The minimum absolute atomic E-state index is 0.0440. The summed E-state index contributed by atoms with van der Waals surface area (Å²) in [6, 6.07) is 10.5. The van der Waals surface area contributed by atoms with Crippen molar-refractivity contribution < 1.29 is 14.3 Å². The van der Waals surface area contributed by atoms with E-state index in [2.05, 4.69) is 5.32 Å². The minimum atomic E-state index is -0.238. The Morgan fingerprint density at radius 3 is 2.78 bits per heavy atom. The largest absolute Gasteiger partial charge is 0.485 e. The number of aryl methyl sites for hydroxylation is 1. The van der Waals surface area contributed by atoms with Crippen LogP contribution in [-0.4, -0.2) is 18.3 Å². The molecule has 1 N–H and O–H groups in total. The van der Waals surface area contributed by atoms with Crippen molar-refractivity contribution in [3.05, 3.63) is 58.1 Å². The Balaban J connectivity index is 1.72. The van der Waals surface area contributed by atoms with Crippen molar-refractivity contribution in [3.63, 3.8) is 0 Å². The van der Waals surface area contributed by atoms with E-state index in [9.17, 15) is 9.59 Å². The van der Waals surface area contributed by atoms with Gasteiger partial charge in [-0.25, -0.2) is 0 Å². The maximum Gasteiger partial charge on any atom is 0.231 e. The fourth-order valence-electron chi connectivity index (χ4n) is 2.53. The van der Waals surface area contributed by atoms with Crippen LogP contribution >= 0.6 is 11.6 Å². The summed E-state index contributed by atoms with van der Waals surface area (Å²) in [4.78, 5) is 24.0. The second-order valence-electron chi connectivity index (χ2n) is 5.64. The molecule has 2 aromatic rings. The first kappa shape index (κ1) is 15.6. The summed E-state index contributed by atoms with van der Waals surface area (Å²) < 4.78 is 5.53. The molecule has 0 aliphatic carbocycles. The Kier molecular flexibility index (Phi) is 4.09. The fraction of sp³-hybridized carbons (Fsp3) is 0.222. The molecule has 0 spiro atoms. The zero-order valence-corrected chi connectivity index (χ0v) is 13.6. The molecule has 1 atom stereocenters. The third-order valence-corrected chi connectivity index (χ3v) is 4.41. The lowest BCUT2D eigenvalue weighted by molar-refractivity contribution is -0.116. The van der Waals surface area contributed by atoms with Crippen LogP contribution in [0.2, 0.25) is 5.02 Å². The number of carbonyl (C=O) groups is 2. The topological polar surface area (TPSA) is 55.4 Å². The van der Waals surface area contributed by atoms with Gasteiger partial charge in [-0.05, 0) is 61.4 Å². The van der Waals surface area contributed by atoms with Crippen LogP contribution in [0.25, 0.3) is 0 Å². The number of ether oxygens (including phenoxy) is 1. The molecule has 0 aromatic heterocycles. The van der Waals surface area contributed by atoms with Crippen molar-refractivity contribution in [2.75, 3.05) is 11.9 Å². The number of halogens is 1. The van der Waals surface area contributed by atoms with Gasteiger partial charge in [0.15, 0.2) is 12.4 Å². The number of fused-ring (bicyclic) bond motifs is 1. The van der Waals surface area contributed by atoms with Crippen molar-refractivity contribution in [1.82, 2.24) is 0 Å². The first-order chi connectivity index (χ1) is 11.0. The van der Waals surface area contributed by atoms with Crippen LogP contribution in [0.4, 0.5) is 5.69 Å². The van der Waals surface area contributed by atoms with E-state index in [1.54, 1.807) is 36.4 Å². The number of anilines is 1. The van der Waals surface area contributed by atoms with Gasteiger partial charge in [-0.1, -0.05) is 11.6 Å². The molecule has 1 heterocycles. The number of nitrogens with one attached hydrogen (secondary N) is 1. The lowest BCUT2D eigenvalue weighted by Gasteiger charge is -2.08. The Hall–Kier alpha value is -2.33. The molecule has 118 valence electrons. The normalized spacial score (nSPS) is 16.0. The van der Waals surface area contributed by atoms with Gasteiger partial charge < -0.3 is 10.1 Å². The fourth-order valence-corrected chi connectivity index (χ4v) is 2.65. The highest BCUT2D eigenvalue weighted by atomic mass is 35.5. The maximum atomic E-state index is 12.3. The Labute approximate surface area is 139 Å². The minimum Gasteiger partial charge on any atom is -0.485 e. The number of benzene rings is 2. The highest BCUT2D eigenvalue weighted by molar-refractivity contribution is 6.31. The maximum absolute atomic E-state index is 12.3. The number of amides is 1. The quantitative estimate of drug-likeness (QED) is 0.864. The van der Waals surface area contributed by atoms with Gasteiger partial charge in [0, 0.05) is 16.3 Å². The molecule has 0 unspecified atom stereocenters.